The number of nitrogens with one attached hydrogen (secondary N) is 2. The zero-order valence-electron chi connectivity index (χ0n) is 14.6. The van der Waals surface area contributed by atoms with Gasteiger partial charge in [0.2, 0.25) is 5.91 Å². The molecule has 0 aliphatic rings. The van der Waals surface area contributed by atoms with Gasteiger partial charge in [-0.25, -0.2) is 4.39 Å². The molecule has 1 unspecified atom stereocenters. The molecule has 0 fully saturated rings. The fourth-order valence-electron chi connectivity index (χ4n) is 2.22. The van der Waals surface area contributed by atoms with Crippen molar-refractivity contribution in [3.8, 4) is 0 Å². The summed E-state index contributed by atoms with van der Waals surface area (Å²) in [5.74, 6) is -0.346. The van der Waals surface area contributed by atoms with Crippen LogP contribution in [0.1, 0.15) is 10.8 Å². The third kappa shape index (κ3) is 7.74. The van der Waals surface area contributed by atoms with Gasteiger partial charge in [0, 0.05) is 31.6 Å². The topological polar surface area (TPSA) is 50.4 Å². The lowest BCUT2D eigenvalue weighted by Gasteiger charge is -2.17. The lowest BCUT2D eigenvalue weighted by atomic mass is 10.1. The number of rotatable bonds is 10. The Hall–Kier alpha value is -1.60. The van der Waals surface area contributed by atoms with Crippen LogP contribution in [0.4, 0.5) is 4.39 Å². The number of halogens is 2. The number of methoxy groups -OCH3 is 1. The third-order valence-corrected chi connectivity index (χ3v) is 4.76. The first-order valence-electron chi connectivity index (χ1n) is 8.15. The third-order valence-electron chi connectivity index (χ3n) is 3.49. The molecule has 4 nitrogen and oxygen atoms in total. The Bertz CT molecular complexity index is 644. The summed E-state index contributed by atoms with van der Waals surface area (Å²) in [6, 6.07) is 15.8. The largest absolute Gasteiger partial charge is 0.383 e. The number of carbonyl (C=O) groups excluding carboxylic acids is 1. The Morgan fingerprint density at radius 1 is 1.08 bits per heavy atom. The molecule has 0 aliphatic heterocycles. The zero-order chi connectivity index (χ0) is 17.9. The van der Waals surface area contributed by atoms with Crippen LogP contribution in [0.15, 0.2) is 59.5 Å². The van der Waals surface area contributed by atoms with Crippen molar-refractivity contribution in [1.82, 2.24) is 10.6 Å². The van der Waals surface area contributed by atoms with E-state index in [4.69, 9.17) is 4.74 Å². The van der Waals surface area contributed by atoms with Gasteiger partial charge in [0.25, 0.3) is 0 Å². The van der Waals surface area contributed by atoms with Crippen LogP contribution >= 0.6 is 24.2 Å². The number of thioether (sulfide) groups is 1. The number of amides is 1. The first kappa shape index (κ1) is 22.4. The van der Waals surface area contributed by atoms with Crippen LogP contribution < -0.4 is 10.6 Å². The predicted molar refractivity (Wildman–Crippen MR) is 106 cm³/mol. The average molecular weight is 399 g/mol. The maximum absolute atomic E-state index is 13.1. The molecule has 0 aromatic heterocycles. The van der Waals surface area contributed by atoms with E-state index in [9.17, 15) is 9.18 Å². The van der Waals surface area contributed by atoms with Crippen LogP contribution in [-0.4, -0.2) is 39.3 Å². The van der Waals surface area contributed by atoms with Crippen molar-refractivity contribution in [2.24, 2.45) is 0 Å². The van der Waals surface area contributed by atoms with Gasteiger partial charge in [0.1, 0.15) is 11.1 Å². The summed E-state index contributed by atoms with van der Waals surface area (Å²) in [7, 11) is 1.65. The Labute approximate surface area is 164 Å². The van der Waals surface area contributed by atoms with Crippen LogP contribution in [-0.2, 0) is 9.53 Å². The van der Waals surface area contributed by atoms with Crippen LogP contribution in [0.2, 0.25) is 0 Å². The van der Waals surface area contributed by atoms with Crippen molar-refractivity contribution >= 4 is 30.1 Å². The number of ether oxygens (including phenoxy) is 1. The monoisotopic (exact) mass is 398 g/mol. The highest BCUT2D eigenvalue weighted by Gasteiger charge is 2.21. The molecule has 7 heteroatoms. The van der Waals surface area contributed by atoms with E-state index in [1.165, 1.54) is 23.9 Å². The van der Waals surface area contributed by atoms with Gasteiger partial charge in [-0.1, -0.05) is 30.3 Å². The number of hydrogen-bond acceptors (Lipinski definition) is 4. The van der Waals surface area contributed by atoms with Crippen LogP contribution in [0, 0.1) is 5.82 Å². The average Bonchev–Trinajstić information content (AvgIpc) is 2.64. The number of carbonyl (C=O) groups is 1. The van der Waals surface area contributed by atoms with E-state index in [1.54, 1.807) is 19.2 Å². The number of hydrogen-bond donors (Lipinski definition) is 2. The van der Waals surface area contributed by atoms with Gasteiger partial charge < -0.3 is 15.4 Å². The minimum atomic E-state index is -0.384. The molecule has 26 heavy (non-hydrogen) atoms. The SMILES string of the molecule is COCCNCCNC(=O)C(Sc1ccc(F)cc1)c1ccccc1.Cl. The Morgan fingerprint density at radius 3 is 2.42 bits per heavy atom. The molecular formula is C19H24ClFN2O2S. The van der Waals surface area contributed by atoms with Gasteiger partial charge in [0.05, 0.1) is 6.61 Å². The maximum Gasteiger partial charge on any atom is 0.238 e. The van der Waals surface area contributed by atoms with Crippen LogP contribution in [0.3, 0.4) is 0 Å². The normalized spacial score (nSPS) is 11.5. The van der Waals surface area contributed by atoms with E-state index < -0.39 is 0 Å². The molecule has 0 saturated carbocycles. The molecular weight excluding hydrogens is 375 g/mol. The summed E-state index contributed by atoms with van der Waals surface area (Å²) in [4.78, 5) is 13.5. The first-order valence-corrected chi connectivity index (χ1v) is 9.03. The Kier molecular flexibility index (Phi) is 11.0. The lowest BCUT2D eigenvalue weighted by molar-refractivity contribution is -0.120. The Morgan fingerprint density at radius 2 is 1.77 bits per heavy atom. The van der Waals surface area contributed by atoms with Crippen molar-refractivity contribution in [3.05, 3.63) is 66.0 Å². The summed E-state index contributed by atoms with van der Waals surface area (Å²) in [6.07, 6.45) is 0. The van der Waals surface area contributed by atoms with Crippen LogP contribution in [0.5, 0.6) is 0 Å². The molecule has 0 saturated heterocycles. The standard InChI is InChI=1S/C19H23FN2O2S.ClH/c1-24-14-13-21-11-12-22-19(23)18(15-5-3-2-4-6-15)25-17-9-7-16(20)8-10-17;/h2-10,18,21H,11-14H2,1H3,(H,22,23);1H. The molecule has 1 amide bonds. The minimum absolute atomic E-state index is 0. The van der Waals surface area contributed by atoms with E-state index in [0.29, 0.717) is 19.7 Å². The van der Waals surface area contributed by atoms with Crippen molar-refractivity contribution in [2.75, 3.05) is 33.4 Å². The molecule has 2 N–H and O–H groups in total. The van der Waals surface area contributed by atoms with Crippen molar-refractivity contribution in [3.63, 3.8) is 0 Å². The van der Waals surface area contributed by atoms with Gasteiger partial charge in [0.15, 0.2) is 0 Å². The summed E-state index contributed by atoms with van der Waals surface area (Å²) in [5.41, 5.74) is 0.918. The fraction of sp³-hybridized carbons (Fsp3) is 0.316. The van der Waals surface area contributed by atoms with E-state index in [0.717, 1.165) is 17.0 Å². The predicted octanol–water partition coefficient (Wildman–Crippen LogP) is 3.43. The van der Waals surface area contributed by atoms with Crippen molar-refractivity contribution in [2.45, 2.75) is 10.1 Å². The minimum Gasteiger partial charge on any atom is -0.383 e. The van der Waals surface area contributed by atoms with E-state index in [-0.39, 0.29) is 29.4 Å². The van der Waals surface area contributed by atoms with Crippen molar-refractivity contribution in [1.29, 1.82) is 0 Å². The number of benzene rings is 2. The second kappa shape index (κ2) is 12.7. The Balaban J connectivity index is 0.00000338. The highest BCUT2D eigenvalue weighted by Crippen LogP contribution is 2.35. The molecule has 142 valence electrons. The molecule has 2 aromatic rings. The summed E-state index contributed by atoms with van der Waals surface area (Å²) in [6.45, 7) is 2.60. The van der Waals surface area contributed by atoms with Gasteiger partial charge in [-0.2, -0.15) is 0 Å². The summed E-state index contributed by atoms with van der Waals surface area (Å²) >= 11 is 1.41. The zero-order valence-corrected chi connectivity index (χ0v) is 16.2. The van der Waals surface area contributed by atoms with E-state index in [2.05, 4.69) is 10.6 Å². The van der Waals surface area contributed by atoms with Gasteiger partial charge >= 0.3 is 0 Å². The van der Waals surface area contributed by atoms with Gasteiger partial charge in [-0.15, -0.1) is 24.2 Å². The molecule has 2 aromatic carbocycles. The first-order chi connectivity index (χ1) is 12.2. The van der Waals surface area contributed by atoms with Crippen LogP contribution in [0.25, 0.3) is 0 Å². The second-order valence-electron chi connectivity index (χ2n) is 5.40. The van der Waals surface area contributed by atoms with Crippen molar-refractivity contribution < 1.29 is 13.9 Å². The lowest BCUT2D eigenvalue weighted by Crippen LogP contribution is -2.35. The smallest absolute Gasteiger partial charge is 0.238 e. The van der Waals surface area contributed by atoms with E-state index in [1.807, 2.05) is 30.3 Å². The highest BCUT2D eigenvalue weighted by molar-refractivity contribution is 8.00. The van der Waals surface area contributed by atoms with E-state index >= 15 is 0 Å². The molecule has 1 atom stereocenters. The summed E-state index contributed by atoms with van der Waals surface area (Å²) < 4.78 is 18.1. The maximum atomic E-state index is 13.1. The second-order valence-corrected chi connectivity index (χ2v) is 6.57. The molecule has 0 spiro atoms. The molecule has 0 bridgehead atoms. The van der Waals surface area contributed by atoms with Gasteiger partial charge in [-0.3, -0.25) is 4.79 Å². The summed E-state index contributed by atoms with van der Waals surface area (Å²) in [5, 5.41) is 5.76. The molecule has 0 radical (unpaired) electrons. The van der Waals surface area contributed by atoms with Gasteiger partial charge in [-0.05, 0) is 29.8 Å². The molecule has 0 heterocycles. The highest BCUT2D eigenvalue weighted by atomic mass is 35.5. The molecule has 0 aliphatic carbocycles. The fourth-order valence-corrected chi connectivity index (χ4v) is 3.27. The quantitative estimate of drug-likeness (QED) is 0.475. The molecule has 2 rings (SSSR count).